The lowest BCUT2D eigenvalue weighted by atomic mass is 10.3. The van der Waals surface area contributed by atoms with Crippen LogP contribution in [-0.4, -0.2) is 17.6 Å². The number of benzene rings is 1. The van der Waals surface area contributed by atoms with Gasteiger partial charge in [-0.3, -0.25) is 0 Å². The first-order valence-electron chi connectivity index (χ1n) is 6.71. The number of ether oxygens (including phenoxy) is 2. The molecule has 3 aromatic rings. The molecule has 0 atom stereocenters. The topological polar surface area (TPSA) is 48.4 Å². The zero-order valence-electron chi connectivity index (χ0n) is 11.8. The molecule has 6 heteroatoms. The van der Waals surface area contributed by atoms with Crippen LogP contribution in [0.5, 0.6) is 11.5 Å². The van der Waals surface area contributed by atoms with Crippen molar-refractivity contribution in [1.82, 2.24) is 4.98 Å². The van der Waals surface area contributed by atoms with E-state index >= 15 is 0 Å². The number of nitrogens with zero attached hydrogens (tertiary/aromatic N) is 1. The maximum absolute atomic E-state index is 12.2. The zero-order valence-corrected chi connectivity index (χ0v) is 13.4. The van der Waals surface area contributed by atoms with Gasteiger partial charge in [0.2, 0.25) is 0 Å². The SMILES string of the molecule is CCOc1ccccc1OC(=O)c1csc(-c2cccs2)n1. The number of esters is 1. The third kappa shape index (κ3) is 3.18. The van der Waals surface area contributed by atoms with Gasteiger partial charge in [-0.1, -0.05) is 18.2 Å². The van der Waals surface area contributed by atoms with Crippen molar-refractivity contribution in [2.75, 3.05) is 6.61 Å². The predicted octanol–water partition coefficient (Wildman–Crippen LogP) is 4.49. The van der Waals surface area contributed by atoms with Crippen LogP contribution in [-0.2, 0) is 0 Å². The summed E-state index contributed by atoms with van der Waals surface area (Å²) in [5, 5.41) is 4.51. The van der Waals surface area contributed by atoms with Gasteiger partial charge in [0.05, 0.1) is 11.5 Å². The van der Waals surface area contributed by atoms with Gasteiger partial charge in [0.15, 0.2) is 17.2 Å². The van der Waals surface area contributed by atoms with Crippen LogP contribution < -0.4 is 9.47 Å². The van der Waals surface area contributed by atoms with E-state index in [0.29, 0.717) is 23.8 Å². The van der Waals surface area contributed by atoms with Gasteiger partial charge < -0.3 is 9.47 Å². The number of aromatic nitrogens is 1. The summed E-state index contributed by atoms with van der Waals surface area (Å²) in [4.78, 5) is 17.6. The number of hydrogen-bond acceptors (Lipinski definition) is 6. The minimum Gasteiger partial charge on any atom is -0.490 e. The quantitative estimate of drug-likeness (QED) is 0.510. The molecule has 0 unspecified atom stereocenters. The lowest BCUT2D eigenvalue weighted by Gasteiger charge is -2.09. The Morgan fingerprint density at radius 1 is 1.14 bits per heavy atom. The fraction of sp³-hybridized carbons (Fsp3) is 0.125. The molecule has 0 aliphatic rings. The van der Waals surface area contributed by atoms with Crippen LogP contribution in [0.2, 0.25) is 0 Å². The van der Waals surface area contributed by atoms with Crippen LogP contribution in [0.25, 0.3) is 9.88 Å². The van der Waals surface area contributed by atoms with Gasteiger partial charge in [0.1, 0.15) is 5.01 Å². The summed E-state index contributed by atoms with van der Waals surface area (Å²) in [5.41, 5.74) is 0.305. The molecule has 3 rings (SSSR count). The Kier molecular flexibility index (Phi) is 4.50. The molecular weight excluding hydrogens is 318 g/mol. The maximum Gasteiger partial charge on any atom is 0.363 e. The molecular formula is C16H13NO3S2. The first-order chi connectivity index (χ1) is 10.8. The highest BCUT2D eigenvalue weighted by Gasteiger charge is 2.16. The Hall–Kier alpha value is -2.18. The monoisotopic (exact) mass is 331 g/mol. The number of thiazole rings is 1. The number of rotatable bonds is 5. The molecule has 0 N–H and O–H groups in total. The van der Waals surface area contributed by atoms with Crippen molar-refractivity contribution in [3.05, 3.63) is 52.9 Å². The summed E-state index contributed by atoms with van der Waals surface area (Å²) in [6, 6.07) is 11.0. The third-order valence-corrected chi connectivity index (χ3v) is 4.68. The largest absolute Gasteiger partial charge is 0.490 e. The second-order valence-electron chi connectivity index (χ2n) is 4.28. The predicted molar refractivity (Wildman–Crippen MR) is 88.0 cm³/mol. The van der Waals surface area contributed by atoms with Gasteiger partial charge >= 0.3 is 5.97 Å². The van der Waals surface area contributed by atoms with Crippen LogP contribution in [0.4, 0.5) is 0 Å². The van der Waals surface area contributed by atoms with Crippen molar-refractivity contribution in [3.8, 4) is 21.4 Å². The number of para-hydroxylation sites is 2. The summed E-state index contributed by atoms with van der Waals surface area (Å²) in [6.45, 7) is 2.39. The van der Waals surface area contributed by atoms with Gasteiger partial charge in [-0.05, 0) is 30.5 Å². The maximum atomic E-state index is 12.2. The molecule has 1 aromatic carbocycles. The molecule has 22 heavy (non-hydrogen) atoms. The molecule has 0 spiro atoms. The van der Waals surface area contributed by atoms with Gasteiger partial charge in [0.25, 0.3) is 0 Å². The molecule has 4 nitrogen and oxygen atoms in total. The lowest BCUT2D eigenvalue weighted by molar-refractivity contribution is 0.0723. The standard InChI is InChI=1S/C16H13NO3S2/c1-2-19-12-6-3-4-7-13(12)20-16(18)11-10-22-15(17-11)14-8-5-9-21-14/h3-10H,2H2,1H3. The normalized spacial score (nSPS) is 10.4. The van der Waals surface area contributed by atoms with E-state index in [1.54, 1.807) is 34.9 Å². The zero-order chi connectivity index (χ0) is 15.4. The van der Waals surface area contributed by atoms with Crippen molar-refractivity contribution >= 4 is 28.6 Å². The first-order valence-corrected chi connectivity index (χ1v) is 8.47. The van der Waals surface area contributed by atoms with E-state index in [1.165, 1.54) is 11.3 Å². The molecule has 0 radical (unpaired) electrons. The van der Waals surface area contributed by atoms with Crippen molar-refractivity contribution < 1.29 is 14.3 Å². The van der Waals surface area contributed by atoms with E-state index in [1.807, 2.05) is 30.5 Å². The minimum absolute atomic E-state index is 0.305. The Balaban J connectivity index is 1.78. The van der Waals surface area contributed by atoms with Gasteiger partial charge in [-0.2, -0.15) is 0 Å². The van der Waals surface area contributed by atoms with Gasteiger partial charge in [-0.25, -0.2) is 9.78 Å². The van der Waals surface area contributed by atoms with E-state index in [0.717, 1.165) is 9.88 Å². The Morgan fingerprint density at radius 3 is 2.68 bits per heavy atom. The molecule has 0 fully saturated rings. The van der Waals surface area contributed by atoms with Crippen molar-refractivity contribution in [3.63, 3.8) is 0 Å². The Morgan fingerprint density at radius 2 is 1.95 bits per heavy atom. The first kappa shape index (κ1) is 14.7. The Bertz CT molecular complexity index is 765. The van der Waals surface area contributed by atoms with Crippen LogP contribution >= 0.6 is 22.7 Å². The highest BCUT2D eigenvalue weighted by Crippen LogP contribution is 2.30. The second-order valence-corrected chi connectivity index (χ2v) is 6.09. The van der Waals surface area contributed by atoms with Crippen LogP contribution in [0, 0.1) is 0 Å². The van der Waals surface area contributed by atoms with Gasteiger partial charge in [0, 0.05) is 5.38 Å². The summed E-state index contributed by atoms with van der Waals surface area (Å²) in [5.74, 6) is 0.471. The number of carbonyl (C=O) groups excluding carboxylic acids is 1. The van der Waals surface area contributed by atoms with E-state index in [-0.39, 0.29) is 0 Å². The Labute approximate surface area is 136 Å². The molecule has 0 saturated carbocycles. The molecule has 112 valence electrons. The fourth-order valence-electron chi connectivity index (χ4n) is 1.84. The minimum atomic E-state index is -0.480. The van der Waals surface area contributed by atoms with Crippen molar-refractivity contribution in [2.24, 2.45) is 0 Å². The average molecular weight is 331 g/mol. The molecule has 0 saturated heterocycles. The number of hydrogen-bond donors (Lipinski definition) is 0. The second kappa shape index (κ2) is 6.72. The third-order valence-electron chi connectivity index (χ3n) is 2.80. The fourth-order valence-corrected chi connectivity index (χ4v) is 3.45. The molecule has 0 aliphatic heterocycles. The van der Waals surface area contributed by atoms with Crippen molar-refractivity contribution in [2.45, 2.75) is 6.92 Å². The summed E-state index contributed by atoms with van der Waals surface area (Å²) in [7, 11) is 0. The number of carbonyl (C=O) groups is 1. The molecule has 0 amide bonds. The van der Waals surface area contributed by atoms with E-state index in [4.69, 9.17) is 9.47 Å². The van der Waals surface area contributed by atoms with Crippen molar-refractivity contribution in [1.29, 1.82) is 0 Å². The molecule has 0 aliphatic carbocycles. The summed E-state index contributed by atoms with van der Waals surface area (Å²) < 4.78 is 10.8. The van der Waals surface area contributed by atoms with Gasteiger partial charge in [-0.15, -0.1) is 22.7 Å². The molecule has 2 aromatic heterocycles. The van der Waals surface area contributed by atoms with Crippen LogP contribution in [0.15, 0.2) is 47.2 Å². The van der Waals surface area contributed by atoms with Crippen LogP contribution in [0.1, 0.15) is 17.4 Å². The van der Waals surface area contributed by atoms with Crippen LogP contribution in [0.3, 0.4) is 0 Å². The number of thiophene rings is 1. The highest BCUT2D eigenvalue weighted by molar-refractivity contribution is 7.20. The summed E-state index contributed by atoms with van der Waals surface area (Å²) >= 11 is 3.02. The van der Waals surface area contributed by atoms with E-state index in [2.05, 4.69) is 4.98 Å². The highest BCUT2D eigenvalue weighted by atomic mass is 32.1. The smallest absolute Gasteiger partial charge is 0.363 e. The molecule has 0 bridgehead atoms. The summed E-state index contributed by atoms with van der Waals surface area (Å²) in [6.07, 6.45) is 0. The molecule has 2 heterocycles. The van der Waals surface area contributed by atoms with E-state index in [9.17, 15) is 4.79 Å². The average Bonchev–Trinajstić information content (AvgIpc) is 3.20. The lowest BCUT2D eigenvalue weighted by Crippen LogP contribution is -2.10. The van der Waals surface area contributed by atoms with E-state index < -0.39 is 5.97 Å².